The Balaban J connectivity index is 1.83. The second kappa shape index (κ2) is 5.43. The van der Waals surface area contributed by atoms with Crippen LogP contribution in [0.1, 0.15) is 18.4 Å². The zero-order chi connectivity index (χ0) is 12.1. The first-order chi connectivity index (χ1) is 8.25. The van der Waals surface area contributed by atoms with Crippen LogP contribution in [-0.2, 0) is 16.1 Å². The molecule has 0 atom stereocenters. The van der Waals surface area contributed by atoms with E-state index in [1.807, 2.05) is 6.07 Å². The third kappa shape index (κ3) is 3.27. The van der Waals surface area contributed by atoms with Crippen LogP contribution in [0.25, 0.3) is 0 Å². The zero-order valence-corrected chi connectivity index (χ0v) is 9.46. The minimum Gasteiger partial charge on any atom is -0.444 e. The standard InChI is InChI=1S/C12H14N2O3/c15-11-4-2-6-14(8-11)12(16)17-9-10-3-1-5-13-7-10/h1,3,5,7H,2,4,6,8-9H2. The van der Waals surface area contributed by atoms with Crippen molar-refractivity contribution in [3.05, 3.63) is 30.1 Å². The van der Waals surface area contributed by atoms with Crippen molar-refractivity contribution >= 4 is 11.9 Å². The van der Waals surface area contributed by atoms with Crippen LogP contribution in [0.5, 0.6) is 0 Å². The van der Waals surface area contributed by atoms with Gasteiger partial charge in [0.05, 0.1) is 6.54 Å². The summed E-state index contributed by atoms with van der Waals surface area (Å²) in [5, 5.41) is 0. The Kier molecular flexibility index (Phi) is 3.69. The summed E-state index contributed by atoms with van der Waals surface area (Å²) in [6.07, 6.45) is 4.16. The summed E-state index contributed by atoms with van der Waals surface area (Å²) < 4.78 is 5.11. The molecule has 2 heterocycles. The highest BCUT2D eigenvalue weighted by Gasteiger charge is 2.22. The quantitative estimate of drug-likeness (QED) is 0.775. The van der Waals surface area contributed by atoms with E-state index in [4.69, 9.17) is 4.74 Å². The lowest BCUT2D eigenvalue weighted by molar-refractivity contribution is -0.121. The molecule has 1 fully saturated rings. The molecule has 0 radical (unpaired) electrons. The number of rotatable bonds is 2. The minimum atomic E-state index is -0.429. The van der Waals surface area contributed by atoms with Gasteiger partial charge in [-0.15, -0.1) is 0 Å². The molecule has 0 spiro atoms. The van der Waals surface area contributed by atoms with Gasteiger partial charge in [0.25, 0.3) is 0 Å². The van der Waals surface area contributed by atoms with Crippen LogP contribution in [0.15, 0.2) is 24.5 Å². The molecular formula is C12H14N2O3. The van der Waals surface area contributed by atoms with E-state index in [9.17, 15) is 9.59 Å². The van der Waals surface area contributed by atoms with Gasteiger partial charge < -0.3 is 9.64 Å². The van der Waals surface area contributed by atoms with Crippen LogP contribution in [-0.4, -0.2) is 34.8 Å². The van der Waals surface area contributed by atoms with Gasteiger partial charge in [0.1, 0.15) is 6.61 Å². The van der Waals surface area contributed by atoms with E-state index in [-0.39, 0.29) is 18.9 Å². The van der Waals surface area contributed by atoms with Crippen molar-refractivity contribution < 1.29 is 14.3 Å². The molecule has 1 aliphatic heterocycles. The van der Waals surface area contributed by atoms with Gasteiger partial charge in [-0.25, -0.2) is 4.79 Å². The molecule has 90 valence electrons. The number of ether oxygens (including phenoxy) is 1. The van der Waals surface area contributed by atoms with Crippen molar-refractivity contribution in [3.63, 3.8) is 0 Å². The van der Waals surface area contributed by atoms with Crippen molar-refractivity contribution in [1.82, 2.24) is 9.88 Å². The number of aromatic nitrogens is 1. The number of nitrogens with zero attached hydrogens (tertiary/aromatic N) is 2. The lowest BCUT2D eigenvalue weighted by Crippen LogP contribution is -2.40. The van der Waals surface area contributed by atoms with E-state index < -0.39 is 6.09 Å². The molecule has 5 heteroatoms. The van der Waals surface area contributed by atoms with Crippen molar-refractivity contribution in [3.8, 4) is 0 Å². The fourth-order valence-corrected chi connectivity index (χ4v) is 1.71. The molecule has 1 aromatic heterocycles. The van der Waals surface area contributed by atoms with Crippen LogP contribution >= 0.6 is 0 Å². The molecule has 1 aliphatic rings. The maximum atomic E-state index is 11.6. The fraction of sp³-hybridized carbons (Fsp3) is 0.417. The van der Waals surface area contributed by atoms with Gasteiger partial charge in [-0.05, 0) is 12.5 Å². The van der Waals surface area contributed by atoms with Crippen LogP contribution in [0.3, 0.4) is 0 Å². The number of piperidine rings is 1. The Morgan fingerprint density at radius 3 is 3.12 bits per heavy atom. The predicted octanol–water partition coefficient (Wildman–Crippen LogP) is 1.38. The number of ketones is 1. The molecule has 17 heavy (non-hydrogen) atoms. The van der Waals surface area contributed by atoms with Crippen LogP contribution < -0.4 is 0 Å². The molecule has 5 nitrogen and oxygen atoms in total. The Morgan fingerprint density at radius 2 is 2.41 bits per heavy atom. The highest BCUT2D eigenvalue weighted by molar-refractivity contribution is 5.85. The van der Waals surface area contributed by atoms with E-state index in [1.165, 1.54) is 4.90 Å². The summed E-state index contributed by atoms with van der Waals surface area (Å²) in [7, 11) is 0. The largest absolute Gasteiger partial charge is 0.444 e. The van der Waals surface area contributed by atoms with E-state index in [1.54, 1.807) is 18.5 Å². The molecule has 1 saturated heterocycles. The van der Waals surface area contributed by atoms with Gasteiger partial charge in [0.15, 0.2) is 5.78 Å². The average Bonchev–Trinajstić information content (AvgIpc) is 2.37. The number of hydrogen-bond acceptors (Lipinski definition) is 4. The van der Waals surface area contributed by atoms with E-state index in [0.29, 0.717) is 13.0 Å². The predicted molar refractivity (Wildman–Crippen MR) is 60.2 cm³/mol. The number of hydrogen-bond donors (Lipinski definition) is 0. The molecule has 1 amide bonds. The van der Waals surface area contributed by atoms with Gasteiger partial charge in [-0.3, -0.25) is 9.78 Å². The molecule has 0 bridgehead atoms. The fourth-order valence-electron chi connectivity index (χ4n) is 1.71. The molecular weight excluding hydrogens is 220 g/mol. The second-order valence-electron chi connectivity index (χ2n) is 3.98. The Morgan fingerprint density at radius 1 is 1.53 bits per heavy atom. The zero-order valence-electron chi connectivity index (χ0n) is 9.46. The first-order valence-electron chi connectivity index (χ1n) is 5.58. The lowest BCUT2D eigenvalue weighted by Gasteiger charge is -2.24. The molecule has 1 aromatic rings. The molecule has 2 rings (SSSR count). The van der Waals surface area contributed by atoms with Crippen LogP contribution in [0, 0.1) is 0 Å². The number of Topliss-reactive ketones (excluding diaryl/α,β-unsaturated/α-hetero) is 1. The Labute approximate surface area is 99.4 Å². The van der Waals surface area contributed by atoms with Gasteiger partial charge >= 0.3 is 6.09 Å². The summed E-state index contributed by atoms with van der Waals surface area (Å²) in [5.74, 6) is 0.0922. The SMILES string of the molecule is O=C1CCCN(C(=O)OCc2cccnc2)C1. The smallest absolute Gasteiger partial charge is 0.410 e. The van der Waals surface area contributed by atoms with Crippen molar-refractivity contribution in [2.45, 2.75) is 19.4 Å². The van der Waals surface area contributed by atoms with Crippen LogP contribution in [0.4, 0.5) is 4.79 Å². The van der Waals surface area contributed by atoms with Crippen LogP contribution in [0.2, 0.25) is 0 Å². The number of amides is 1. The van der Waals surface area contributed by atoms with Gasteiger partial charge in [0, 0.05) is 30.9 Å². The summed E-state index contributed by atoms with van der Waals surface area (Å²) >= 11 is 0. The van der Waals surface area contributed by atoms with Crippen molar-refractivity contribution in [2.24, 2.45) is 0 Å². The summed E-state index contributed by atoms with van der Waals surface area (Å²) in [6.45, 7) is 0.959. The van der Waals surface area contributed by atoms with E-state index >= 15 is 0 Å². The number of pyridine rings is 1. The number of carbonyl (C=O) groups excluding carboxylic acids is 2. The van der Waals surface area contributed by atoms with Gasteiger partial charge in [-0.2, -0.15) is 0 Å². The monoisotopic (exact) mass is 234 g/mol. The topological polar surface area (TPSA) is 59.5 Å². The van der Waals surface area contributed by atoms with Gasteiger partial charge in [0.2, 0.25) is 0 Å². The highest BCUT2D eigenvalue weighted by Crippen LogP contribution is 2.08. The second-order valence-corrected chi connectivity index (χ2v) is 3.98. The summed E-state index contributed by atoms with van der Waals surface area (Å²) in [6, 6.07) is 3.62. The molecule has 0 aliphatic carbocycles. The Bertz CT molecular complexity index is 405. The maximum absolute atomic E-state index is 11.6. The van der Waals surface area contributed by atoms with E-state index in [0.717, 1.165) is 12.0 Å². The molecule has 0 aromatic carbocycles. The van der Waals surface area contributed by atoms with E-state index in [2.05, 4.69) is 4.98 Å². The maximum Gasteiger partial charge on any atom is 0.410 e. The summed E-state index contributed by atoms with van der Waals surface area (Å²) in [4.78, 5) is 28.2. The molecule has 0 saturated carbocycles. The first-order valence-corrected chi connectivity index (χ1v) is 5.58. The number of likely N-dealkylation sites (tertiary alicyclic amines) is 1. The molecule has 0 unspecified atom stereocenters. The number of carbonyl (C=O) groups is 2. The minimum absolute atomic E-state index is 0.0922. The first kappa shape index (κ1) is 11.6. The van der Waals surface area contributed by atoms with Gasteiger partial charge in [-0.1, -0.05) is 6.07 Å². The third-order valence-corrected chi connectivity index (χ3v) is 2.59. The summed E-state index contributed by atoms with van der Waals surface area (Å²) in [5.41, 5.74) is 0.837. The van der Waals surface area contributed by atoms with Crippen molar-refractivity contribution in [2.75, 3.05) is 13.1 Å². The lowest BCUT2D eigenvalue weighted by atomic mass is 10.1. The third-order valence-electron chi connectivity index (χ3n) is 2.59. The Hall–Kier alpha value is -1.91. The highest BCUT2D eigenvalue weighted by atomic mass is 16.6. The normalized spacial score (nSPS) is 15.8. The molecule has 0 N–H and O–H groups in total. The average molecular weight is 234 g/mol. The van der Waals surface area contributed by atoms with Crippen molar-refractivity contribution in [1.29, 1.82) is 0 Å².